The van der Waals surface area contributed by atoms with Crippen molar-refractivity contribution in [2.75, 3.05) is 19.8 Å². The van der Waals surface area contributed by atoms with E-state index >= 15 is 0 Å². The molecule has 0 saturated carbocycles. The molecule has 0 aliphatic carbocycles. The zero-order valence-corrected chi connectivity index (χ0v) is 16.5. The van der Waals surface area contributed by atoms with Crippen LogP contribution in [-0.4, -0.2) is 39.7 Å². The van der Waals surface area contributed by atoms with Gasteiger partial charge in [-0.2, -0.15) is 10.2 Å². The lowest BCUT2D eigenvalue weighted by molar-refractivity contribution is 0.297. The lowest BCUT2D eigenvalue weighted by Crippen LogP contribution is -2.15. The smallest absolute Gasteiger partial charge is 0.161 e. The van der Waals surface area contributed by atoms with Gasteiger partial charge in [-0.1, -0.05) is 0 Å². The van der Waals surface area contributed by atoms with Gasteiger partial charge in [0.1, 0.15) is 0 Å². The number of aryl methyl sites for hydroxylation is 3. The number of rotatable bonds is 7. The van der Waals surface area contributed by atoms with Gasteiger partial charge in [0.2, 0.25) is 0 Å². The molecular formula is C21H27N5O2. The molecule has 0 spiro atoms. The Balaban J connectivity index is 1.39. The van der Waals surface area contributed by atoms with E-state index in [1.165, 1.54) is 11.1 Å². The van der Waals surface area contributed by atoms with E-state index in [0.29, 0.717) is 13.2 Å². The van der Waals surface area contributed by atoms with Crippen molar-refractivity contribution < 1.29 is 9.47 Å². The van der Waals surface area contributed by atoms with E-state index in [2.05, 4.69) is 39.8 Å². The number of hydrogen-bond acceptors (Lipinski definition) is 5. The maximum Gasteiger partial charge on any atom is 0.161 e. The molecule has 3 aromatic rings. The van der Waals surface area contributed by atoms with E-state index in [0.717, 1.165) is 60.8 Å². The first-order valence-electron chi connectivity index (χ1n) is 9.83. The highest BCUT2D eigenvalue weighted by Gasteiger charge is 2.15. The molecular weight excluding hydrogens is 354 g/mol. The summed E-state index contributed by atoms with van der Waals surface area (Å²) in [4.78, 5) is 0. The third-order valence-electron chi connectivity index (χ3n) is 4.97. The van der Waals surface area contributed by atoms with E-state index < -0.39 is 0 Å². The number of nitrogens with one attached hydrogen (secondary N) is 2. The van der Waals surface area contributed by atoms with Crippen LogP contribution in [0.4, 0.5) is 0 Å². The summed E-state index contributed by atoms with van der Waals surface area (Å²) in [5, 5.41) is 15.3. The Labute approximate surface area is 165 Å². The summed E-state index contributed by atoms with van der Waals surface area (Å²) < 4.78 is 13.4. The van der Waals surface area contributed by atoms with Crippen LogP contribution < -0.4 is 14.8 Å². The van der Waals surface area contributed by atoms with Crippen molar-refractivity contribution in [1.82, 2.24) is 25.3 Å². The number of aromatic nitrogens is 4. The molecule has 4 rings (SSSR count). The fourth-order valence-electron chi connectivity index (χ4n) is 3.48. The van der Waals surface area contributed by atoms with Gasteiger partial charge in [-0.05, 0) is 50.1 Å². The molecule has 0 fully saturated rings. The van der Waals surface area contributed by atoms with E-state index in [4.69, 9.17) is 9.47 Å². The summed E-state index contributed by atoms with van der Waals surface area (Å²) in [5.41, 5.74) is 5.66. The quantitative estimate of drug-likeness (QED) is 0.615. The minimum atomic E-state index is 0.684. The Morgan fingerprint density at radius 3 is 2.86 bits per heavy atom. The number of benzene rings is 1. The first kappa shape index (κ1) is 18.6. The number of nitrogens with zero attached hydrogens (tertiary/aromatic N) is 3. The second kappa shape index (κ2) is 8.48. The molecule has 3 heterocycles. The predicted octanol–water partition coefficient (Wildman–Crippen LogP) is 3.00. The monoisotopic (exact) mass is 381 g/mol. The second-order valence-electron chi connectivity index (χ2n) is 7.19. The lowest BCUT2D eigenvalue weighted by Gasteiger charge is -2.10. The molecule has 28 heavy (non-hydrogen) atoms. The Hall–Kier alpha value is -2.80. The topological polar surface area (TPSA) is 77.0 Å². The predicted molar refractivity (Wildman–Crippen MR) is 108 cm³/mol. The Morgan fingerprint density at radius 2 is 2.04 bits per heavy atom. The molecule has 1 aromatic carbocycles. The summed E-state index contributed by atoms with van der Waals surface area (Å²) in [6.07, 6.45) is 6.99. The van der Waals surface area contributed by atoms with Crippen molar-refractivity contribution in [3.8, 4) is 22.8 Å². The zero-order chi connectivity index (χ0) is 19.3. The standard InChI is InChI=1S/C21H27N5O2/c1-15-17(13-23-24-15)5-3-8-22-12-18-14-26(2)25-21(18)16-6-7-19-20(11-16)28-10-4-9-27-19/h6-7,11,13-14,22H,3-5,8-10,12H2,1-2H3,(H,23,24). The molecule has 148 valence electrons. The van der Waals surface area contributed by atoms with Gasteiger partial charge in [-0.3, -0.25) is 9.78 Å². The Morgan fingerprint density at radius 1 is 1.18 bits per heavy atom. The van der Waals surface area contributed by atoms with Crippen molar-refractivity contribution in [2.24, 2.45) is 7.05 Å². The highest BCUT2D eigenvalue weighted by molar-refractivity contribution is 5.66. The first-order valence-corrected chi connectivity index (χ1v) is 9.83. The van der Waals surface area contributed by atoms with Crippen LogP contribution in [0.25, 0.3) is 11.3 Å². The van der Waals surface area contributed by atoms with Gasteiger partial charge in [0.25, 0.3) is 0 Å². The van der Waals surface area contributed by atoms with Gasteiger partial charge in [-0.15, -0.1) is 0 Å². The van der Waals surface area contributed by atoms with Crippen molar-refractivity contribution in [2.45, 2.75) is 32.7 Å². The molecule has 2 aromatic heterocycles. The highest BCUT2D eigenvalue weighted by atomic mass is 16.5. The van der Waals surface area contributed by atoms with Crippen molar-refractivity contribution >= 4 is 0 Å². The van der Waals surface area contributed by atoms with Crippen LogP contribution >= 0.6 is 0 Å². The van der Waals surface area contributed by atoms with Crippen molar-refractivity contribution in [3.05, 3.63) is 47.4 Å². The third kappa shape index (κ3) is 4.20. The van der Waals surface area contributed by atoms with Crippen LogP contribution in [0.3, 0.4) is 0 Å². The van der Waals surface area contributed by atoms with Gasteiger partial charge in [0.05, 0.1) is 25.1 Å². The molecule has 7 nitrogen and oxygen atoms in total. The van der Waals surface area contributed by atoms with E-state index in [1.807, 2.05) is 30.1 Å². The number of H-pyrrole nitrogens is 1. The molecule has 1 aliphatic heterocycles. The van der Waals surface area contributed by atoms with Gasteiger partial charge in [0, 0.05) is 43.0 Å². The van der Waals surface area contributed by atoms with Crippen LogP contribution in [0.15, 0.2) is 30.6 Å². The van der Waals surface area contributed by atoms with E-state index in [9.17, 15) is 0 Å². The average Bonchev–Trinajstić information content (AvgIpc) is 3.18. The summed E-state index contributed by atoms with van der Waals surface area (Å²) in [7, 11) is 1.96. The molecule has 0 unspecified atom stereocenters. The number of hydrogen-bond donors (Lipinski definition) is 2. The SMILES string of the molecule is Cc1[nH]ncc1CCCNCc1cn(C)nc1-c1ccc2c(c1)OCCCO2. The largest absolute Gasteiger partial charge is 0.490 e. The average molecular weight is 381 g/mol. The van der Waals surface area contributed by atoms with Gasteiger partial charge < -0.3 is 14.8 Å². The Bertz CT molecular complexity index is 931. The third-order valence-corrected chi connectivity index (χ3v) is 4.97. The van der Waals surface area contributed by atoms with Crippen LogP contribution in [-0.2, 0) is 20.0 Å². The maximum atomic E-state index is 5.83. The van der Waals surface area contributed by atoms with Crippen molar-refractivity contribution in [3.63, 3.8) is 0 Å². The molecule has 0 bridgehead atoms. The normalized spacial score (nSPS) is 13.5. The fraction of sp³-hybridized carbons (Fsp3) is 0.429. The molecule has 0 radical (unpaired) electrons. The van der Waals surface area contributed by atoms with Gasteiger partial charge in [0.15, 0.2) is 11.5 Å². The molecule has 0 amide bonds. The fourth-order valence-corrected chi connectivity index (χ4v) is 3.48. The molecule has 0 atom stereocenters. The number of fused-ring (bicyclic) bond motifs is 1. The van der Waals surface area contributed by atoms with Crippen molar-refractivity contribution in [1.29, 1.82) is 0 Å². The lowest BCUT2D eigenvalue weighted by atomic mass is 10.1. The summed E-state index contributed by atoms with van der Waals surface area (Å²) >= 11 is 0. The van der Waals surface area contributed by atoms with E-state index in [1.54, 1.807) is 0 Å². The highest BCUT2D eigenvalue weighted by Crippen LogP contribution is 2.34. The molecule has 1 aliphatic rings. The first-order chi connectivity index (χ1) is 13.7. The van der Waals surface area contributed by atoms with Gasteiger partial charge in [-0.25, -0.2) is 0 Å². The van der Waals surface area contributed by atoms with E-state index in [-0.39, 0.29) is 0 Å². The van der Waals surface area contributed by atoms with Crippen LogP contribution in [0.5, 0.6) is 11.5 Å². The number of ether oxygens (including phenoxy) is 2. The van der Waals surface area contributed by atoms with Crippen LogP contribution in [0, 0.1) is 6.92 Å². The summed E-state index contributed by atoms with van der Waals surface area (Å²) in [6.45, 7) is 5.17. The van der Waals surface area contributed by atoms with Gasteiger partial charge >= 0.3 is 0 Å². The molecule has 7 heteroatoms. The number of aromatic amines is 1. The zero-order valence-electron chi connectivity index (χ0n) is 16.5. The molecule has 0 saturated heterocycles. The Kier molecular flexibility index (Phi) is 5.62. The minimum absolute atomic E-state index is 0.684. The summed E-state index contributed by atoms with van der Waals surface area (Å²) in [6, 6.07) is 6.07. The summed E-state index contributed by atoms with van der Waals surface area (Å²) in [5.74, 6) is 1.61. The maximum absolute atomic E-state index is 5.83. The minimum Gasteiger partial charge on any atom is -0.490 e. The second-order valence-corrected chi connectivity index (χ2v) is 7.19. The molecule has 2 N–H and O–H groups in total. The van der Waals surface area contributed by atoms with Crippen LogP contribution in [0.1, 0.15) is 29.7 Å². The van der Waals surface area contributed by atoms with Crippen LogP contribution in [0.2, 0.25) is 0 Å².